The Balaban J connectivity index is 1.98. The lowest BCUT2D eigenvalue weighted by Gasteiger charge is -2.22. The number of hydrogen-bond donors (Lipinski definition) is 2. The van der Waals surface area contributed by atoms with E-state index in [-0.39, 0.29) is 23.0 Å². The summed E-state index contributed by atoms with van der Waals surface area (Å²) in [5, 5.41) is 3.00. The van der Waals surface area contributed by atoms with Crippen molar-refractivity contribution in [2.24, 2.45) is 0 Å². The van der Waals surface area contributed by atoms with Crippen LogP contribution < -0.4 is 14.8 Å². The maximum absolute atomic E-state index is 13.5. The van der Waals surface area contributed by atoms with Gasteiger partial charge < -0.3 is 10.1 Å². The van der Waals surface area contributed by atoms with Gasteiger partial charge in [0.25, 0.3) is 0 Å². The first kappa shape index (κ1) is 25.5. The first-order valence-electron chi connectivity index (χ1n) is 11.2. The van der Waals surface area contributed by atoms with Gasteiger partial charge in [-0.05, 0) is 60.6 Å². The summed E-state index contributed by atoms with van der Waals surface area (Å²) in [5.41, 5.74) is 4.24. The predicted molar refractivity (Wildman–Crippen MR) is 136 cm³/mol. The molecule has 34 heavy (non-hydrogen) atoms. The number of benzene rings is 3. The molecule has 1 atom stereocenters. The summed E-state index contributed by atoms with van der Waals surface area (Å²) in [4.78, 5) is 13.5. The average molecular weight is 481 g/mol. The lowest BCUT2D eigenvalue weighted by atomic mass is 9.97. The minimum atomic E-state index is -4.05. The van der Waals surface area contributed by atoms with Crippen LogP contribution in [0.4, 0.5) is 5.69 Å². The zero-order valence-corrected chi connectivity index (χ0v) is 21.1. The maximum atomic E-state index is 13.5. The second kappa shape index (κ2) is 10.8. The van der Waals surface area contributed by atoms with Crippen molar-refractivity contribution in [2.45, 2.75) is 51.0 Å². The number of rotatable bonds is 9. The minimum Gasteiger partial charge on any atom is -0.495 e. The molecular weight excluding hydrogens is 448 g/mol. The van der Waals surface area contributed by atoms with Gasteiger partial charge in [0.1, 0.15) is 16.7 Å². The Hall–Kier alpha value is -3.16. The summed E-state index contributed by atoms with van der Waals surface area (Å²) in [6, 6.07) is 19.1. The van der Waals surface area contributed by atoms with Crippen LogP contribution in [0.25, 0.3) is 0 Å². The van der Waals surface area contributed by atoms with Crippen LogP contribution in [0.3, 0.4) is 0 Å². The molecule has 180 valence electrons. The molecule has 7 heteroatoms. The number of carbonyl (C=O) groups excluding carboxylic acids is 1. The van der Waals surface area contributed by atoms with Crippen LogP contribution in [0.2, 0.25) is 0 Å². The molecule has 0 saturated heterocycles. The van der Waals surface area contributed by atoms with Gasteiger partial charge >= 0.3 is 0 Å². The first-order valence-corrected chi connectivity index (χ1v) is 12.7. The number of sulfonamides is 1. The monoisotopic (exact) mass is 480 g/mol. The summed E-state index contributed by atoms with van der Waals surface area (Å²) in [6.45, 7) is 7.84. The van der Waals surface area contributed by atoms with E-state index in [4.69, 9.17) is 4.74 Å². The second-order valence-corrected chi connectivity index (χ2v) is 10.4. The maximum Gasteiger partial charge on any atom is 0.245 e. The number of carbonyl (C=O) groups is 1. The van der Waals surface area contributed by atoms with Gasteiger partial charge in [-0.15, -0.1) is 0 Å². The standard InChI is InChI=1S/C27H32N2O4S/c1-18(2)22-13-9-10-20(4)26(22)28-27(30)23(17-21-11-7-6-8-12-21)29-34(31,32)25-16-19(3)14-15-24(25)33-5/h6-16,18,23,29H,17H2,1-5H3,(H,28,30). The van der Waals surface area contributed by atoms with E-state index in [0.29, 0.717) is 5.69 Å². The summed E-state index contributed by atoms with van der Waals surface area (Å²) < 4.78 is 34.7. The van der Waals surface area contributed by atoms with Crippen molar-refractivity contribution in [3.63, 3.8) is 0 Å². The van der Waals surface area contributed by atoms with Gasteiger partial charge in [-0.25, -0.2) is 8.42 Å². The molecule has 0 aliphatic carbocycles. The van der Waals surface area contributed by atoms with Crippen LogP contribution >= 0.6 is 0 Å². The van der Waals surface area contributed by atoms with E-state index < -0.39 is 22.0 Å². The number of anilines is 1. The summed E-state index contributed by atoms with van der Waals surface area (Å²) in [7, 11) is -2.63. The van der Waals surface area contributed by atoms with Crippen molar-refractivity contribution in [1.29, 1.82) is 0 Å². The second-order valence-electron chi connectivity index (χ2n) is 8.70. The number of ether oxygens (including phenoxy) is 1. The van der Waals surface area contributed by atoms with E-state index in [1.54, 1.807) is 19.1 Å². The number of aryl methyl sites for hydroxylation is 2. The van der Waals surface area contributed by atoms with Crippen molar-refractivity contribution in [3.8, 4) is 5.75 Å². The highest BCUT2D eigenvalue weighted by Crippen LogP contribution is 2.28. The van der Waals surface area contributed by atoms with E-state index in [0.717, 1.165) is 22.3 Å². The lowest BCUT2D eigenvalue weighted by molar-refractivity contribution is -0.117. The third-order valence-corrected chi connectivity index (χ3v) is 7.17. The fourth-order valence-corrected chi connectivity index (χ4v) is 5.28. The molecule has 0 spiro atoms. The van der Waals surface area contributed by atoms with Crippen LogP contribution in [0, 0.1) is 13.8 Å². The Bertz CT molecular complexity index is 1250. The lowest BCUT2D eigenvalue weighted by Crippen LogP contribution is -2.45. The van der Waals surface area contributed by atoms with Gasteiger partial charge in [0.05, 0.1) is 7.11 Å². The van der Waals surface area contributed by atoms with Crippen molar-refractivity contribution >= 4 is 21.6 Å². The number of nitrogens with one attached hydrogen (secondary N) is 2. The van der Waals surface area contributed by atoms with E-state index in [1.807, 2.05) is 55.5 Å². The molecular formula is C27H32N2O4S. The van der Waals surface area contributed by atoms with Gasteiger partial charge in [-0.3, -0.25) is 4.79 Å². The summed E-state index contributed by atoms with van der Waals surface area (Å²) in [5.74, 6) is -0.00997. The highest BCUT2D eigenvalue weighted by molar-refractivity contribution is 7.89. The van der Waals surface area contributed by atoms with Crippen LogP contribution in [-0.4, -0.2) is 27.5 Å². The minimum absolute atomic E-state index is 0.000349. The van der Waals surface area contributed by atoms with E-state index in [9.17, 15) is 13.2 Å². The van der Waals surface area contributed by atoms with E-state index in [1.165, 1.54) is 13.2 Å². The zero-order valence-electron chi connectivity index (χ0n) is 20.3. The number of hydrogen-bond acceptors (Lipinski definition) is 4. The molecule has 0 aliphatic rings. The van der Waals surface area contributed by atoms with Gasteiger partial charge in [0.15, 0.2) is 0 Å². The van der Waals surface area contributed by atoms with Crippen molar-refractivity contribution in [3.05, 3.63) is 89.0 Å². The fourth-order valence-electron chi connectivity index (χ4n) is 3.84. The summed E-state index contributed by atoms with van der Waals surface area (Å²) in [6.07, 6.45) is 0.197. The van der Waals surface area contributed by atoms with Crippen LogP contribution in [-0.2, 0) is 21.2 Å². The molecule has 0 aromatic heterocycles. The molecule has 0 aliphatic heterocycles. The third-order valence-electron chi connectivity index (χ3n) is 5.68. The van der Waals surface area contributed by atoms with Crippen molar-refractivity contribution < 1.29 is 17.9 Å². The number of amides is 1. The van der Waals surface area contributed by atoms with Crippen molar-refractivity contribution in [1.82, 2.24) is 4.72 Å². The first-order chi connectivity index (χ1) is 16.1. The Morgan fingerprint density at radius 1 is 0.971 bits per heavy atom. The predicted octanol–water partition coefficient (Wildman–Crippen LogP) is 4.96. The van der Waals surface area contributed by atoms with Gasteiger partial charge in [0.2, 0.25) is 15.9 Å². The molecule has 0 fully saturated rings. The Kier molecular flexibility index (Phi) is 8.12. The summed E-state index contributed by atoms with van der Waals surface area (Å²) >= 11 is 0. The smallest absolute Gasteiger partial charge is 0.245 e. The largest absolute Gasteiger partial charge is 0.495 e. The normalized spacial score (nSPS) is 12.4. The topological polar surface area (TPSA) is 84.5 Å². The molecule has 0 bridgehead atoms. The van der Waals surface area contributed by atoms with E-state index in [2.05, 4.69) is 23.9 Å². The SMILES string of the molecule is COc1ccc(C)cc1S(=O)(=O)NC(Cc1ccccc1)C(=O)Nc1c(C)cccc1C(C)C. The molecule has 3 aromatic carbocycles. The Morgan fingerprint density at radius 2 is 1.68 bits per heavy atom. The molecule has 1 amide bonds. The Labute approximate surface area is 202 Å². The zero-order chi connectivity index (χ0) is 24.9. The van der Waals surface area contributed by atoms with E-state index >= 15 is 0 Å². The quantitative estimate of drug-likeness (QED) is 0.453. The molecule has 0 radical (unpaired) electrons. The van der Waals surface area contributed by atoms with Gasteiger partial charge in [-0.2, -0.15) is 4.72 Å². The molecule has 3 rings (SSSR count). The molecule has 2 N–H and O–H groups in total. The molecule has 0 saturated carbocycles. The molecule has 1 unspecified atom stereocenters. The Morgan fingerprint density at radius 3 is 2.32 bits per heavy atom. The average Bonchev–Trinajstić information content (AvgIpc) is 2.80. The van der Waals surface area contributed by atoms with Gasteiger partial charge in [-0.1, -0.05) is 68.4 Å². The molecule has 0 heterocycles. The molecule has 3 aromatic rings. The van der Waals surface area contributed by atoms with Crippen LogP contribution in [0.15, 0.2) is 71.6 Å². The third kappa shape index (κ3) is 6.04. The van der Waals surface area contributed by atoms with Gasteiger partial charge in [0, 0.05) is 5.69 Å². The van der Waals surface area contributed by atoms with Crippen molar-refractivity contribution in [2.75, 3.05) is 12.4 Å². The molecule has 6 nitrogen and oxygen atoms in total. The fraction of sp³-hybridized carbons (Fsp3) is 0.296. The van der Waals surface area contributed by atoms with Crippen LogP contribution in [0.5, 0.6) is 5.75 Å². The van der Waals surface area contributed by atoms with Crippen LogP contribution in [0.1, 0.15) is 42.0 Å². The highest BCUT2D eigenvalue weighted by Gasteiger charge is 2.29. The number of para-hydroxylation sites is 1. The highest BCUT2D eigenvalue weighted by atomic mass is 32.2. The number of methoxy groups -OCH3 is 1.